The van der Waals surface area contributed by atoms with Gasteiger partial charge in [-0.05, 0) is 50.9 Å². The Morgan fingerprint density at radius 3 is 2.61 bits per heavy atom. The van der Waals surface area contributed by atoms with E-state index in [0.717, 1.165) is 25.2 Å². The van der Waals surface area contributed by atoms with E-state index in [9.17, 15) is 0 Å². The molecule has 2 rings (SSSR count). The van der Waals surface area contributed by atoms with Crippen molar-refractivity contribution in [1.82, 2.24) is 4.90 Å². The van der Waals surface area contributed by atoms with Gasteiger partial charge in [0.1, 0.15) is 0 Å². The van der Waals surface area contributed by atoms with Crippen molar-refractivity contribution in [3.63, 3.8) is 0 Å². The van der Waals surface area contributed by atoms with E-state index in [-0.39, 0.29) is 5.60 Å². The van der Waals surface area contributed by atoms with Crippen LogP contribution in [0.15, 0.2) is 24.3 Å². The lowest BCUT2D eigenvalue weighted by molar-refractivity contribution is -0.0599. The van der Waals surface area contributed by atoms with Crippen LogP contribution in [0.25, 0.3) is 0 Å². The summed E-state index contributed by atoms with van der Waals surface area (Å²) in [5.41, 5.74) is 7.89. The number of nitrogen functional groups attached to an aromatic ring is 1. The minimum absolute atomic E-state index is 0.000316. The quantitative estimate of drug-likeness (QED) is 0.836. The Hall–Kier alpha value is -1.06. The average molecular weight is 248 g/mol. The number of anilines is 1. The zero-order chi connectivity index (χ0) is 13.2. The first-order valence-electron chi connectivity index (χ1n) is 6.69. The maximum absolute atomic E-state index is 5.74. The topological polar surface area (TPSA) is 38.5 Å². The van der Waals surface area contributed by atoms with Gasteiger partial charge in [0.05, 0.1) is 5.60 Å². The Morgan fingerprint density at radius 2 is 2.00 bits per heavy atom. The normalized spacial score (nSPS) is 27.1. The number of piperidine rings is 1. The summed E-state index contributed by atoms with van der Waals surface area (Å²) < 4.78 is 5.65. The van der Waals surface area contributed by atoms with Crippen LogP contribution in [0.1, 0.15) is 38.3 Å². The van der Waals surface area contributed by atoms with Crippen molar-refractivity contribution >= 4 is 5.69 Å². The number of ether oxygens (including phenoxy) is 1. The maximum atomic E-state index is 5.74. The Kier molecular flexibility index (Phi) is 3.93. The molecule has 0 spiro atoms. The molecule has 1 aliphatic heterocycles. The van der Waals surface area contributed by atoms with E-state index in [0.29, 0.717) is 6.04 Å². The molecule has 18 heavy (non-hydrogen) atoms. The summed E-state index contributed by atoms with van der Waals surface area (Å²) in [5, 5.41) is 0. The SMILES string of the molecule is COC1(C)CCCN(C(C)c2ccc(N)cc2)C1. The molecule has 0 amide bonds. The van der Waals surface area contributed by atoms with Gasteiger partial charge in [-0.25, -0.2) is 0 Å². The molecular weight excluding hydrogens is 224 g/mol. The standard InChI is InChI=1S/C15H24N2O/c1-12(13-5-7-14(16)8-6-13)17-10-4-9-15(2,11-17)18-3/h5-8,12H,4,9-11,16H2,1-3H3. The third kappa shape index (κ3) is 2.85. The molecule has 1 heterocycles. The molecule has 1 fully saturated rings. The molecule has 1 aromatic rings. The summed E-state index contributed by atoms with van der Waals surface area (Å²) in [7, 11) is 1.82. The van der Waals surface area contributed by atoms with Gasteiger partial charge in [-0.2, -0.15) is 0 Å². The number of likely N-dealkylation sites (tertiary alicyclic amines) is 1. The van der Waals surface area contributed by atoms with Crippen LogP contribution in [-0.2, 0) is 4.74 Å². The summed E-state index contributed by atoms with van der Waals surface area (Å²) in [6, 6.07) is 8.62. The fourth-order valence-electron chi connectivity index (χ4n) is 2.73. The highest BCUT2D eigenvalue weighted by atomic mass is 16.5. The molecule has 100 valence electrons. The van der Waals surface area contributed by atoms with Crippen molar-refractivity contribution in [2.24, 2.45) is 0 Å². The van der Waals surface area contributed by atoms with Crippen LogP contribution in [0, 0.1) is 0 Å². The van der Waals surface area contributed by atoms with Gasteiger partial charge >= 0.3 is 0 Å². The third-order valence-electron chi connectivity index (χ3n) is 4.15. The largest absolute Gasteiger partial charge is 0.399 e. The van der Waals surface area contributed by atoms with Crippen LogP contribution in [0.5, 0.6) is 0 Å². The van der Waals surface area contributed by atoms with Crippen LogP contribution in [0.3, 0.4) is 0 Å². The molecule has 0 saturated carbocycles. The molecule has 0 radical (unpaired) electrons. The smallest absolute Gasteiger partial charge is 0.0777 e. The average Bonchev–Trinajstić information content (AvgIpc) is 2.39. The van der Waals surface area contributed by atoms with Gasteiger partial charge in [0.2, 0.25) is 0 Å². The van der Waals surface area contributed by atoms with Gasteiger partial charge in [0.25, 0.3) is 0 Å². The molecule has 1 saturated heterocycles. The highest BCUT2D eigenvalue weighted by molar-refractivity contribution is 5.40. The predicted molar refractivity (Wildman–Crippen MR) is 75.5 cm³/mol. The van der Waals surface area contributed by atoms with Crippen molar-refractivity contribution in [2.75, 3.05) is 25.9 Å². The van der Waals surface area contributed by atoms with Crippen molar-refractivity contribution in [3.8, 4) is 0 Å². The van der Waals surface area contributed by atoms with Gasteiger partial charge in [-0.3, -0.25) is 4.90 Å². The molecule has 2 atom stereocenters. The lowest BCUT2D eigenvalue weighted by atomic mass is 9.92. The van der Waals surface area contributed by atoms with E-state index in [1.807, 2.05) is 19.2 Å². The second-order valence-electron chi connectivity index (χ2n) is 5.57. The molecule has 0 aliphatic carbocycles. The van der Waals surface area contributed by atoms with Crippen LogP contribution in [-0.4, -0.2) is 30.7 Å². The zero-order valence-corrected chi connectivity index (χ0v) is 11.6. The number of nitrogens with zero attached hydrogens (tertiary/aromatic N) is 1. The molecule has 0 aromatic heterocycles. The number of hydrogen-bond donors (Lipinski definition) is 1. The van der Waals surface area contributed by atoms with E-state index in [4.69, 9.17) is 10.5 Å². The minimum Gasteiger partial charge on any atom is -0.399 e. The summed E-state index contributed by atoms with van der Waals surface area (Å²) in [4.78, 5) is 2.50. The lowest BCUT2D eigenvalue weighted by Gasteiger charge is -2.42. The minimum atomic E-state index is 0.000316. The van der Waals surface area contributed by atoms with Gasteiger partial charge in [-0.15, -0.1) is 0 Å². The van der Waals surface area contributed by atoms with Crippen LogP contribution >= 0.6 is 0 Å². The van der Waals surface area contributed by atoms with Crippen molar-refractivity contribution in [2.45, 2.75) is 38.3 Å². The Morgan fingerprint density at radius 1 is 1.33 bits per heavy atom. The number of hydrogen-bond acceptors (Lipinski definition) is 3. The number of methoxy groups -OCH3 is 1. The van der Waals surface area contributed by atoms with E-state index in [1.165, 1.54) is 12.0 Å². The highest BCUT2D eigenvalue weighted by Crippen LogP contribution is 2.30. The second kappa shape index (κ2) is 5.29. The number of nitrogens with two attached hydrogens (primary N) is 1. The molecule has 3 nitrogen and oxygen atoms in total. The fourth-order valence-corrected chi connectivity index (χ4v) is 2.73. The lowest BCUT2D eigenvalue weighted by Crippen LogP contribution is -2.48. The first kappa shape index (κ1) is 13.4. The van der Waals surface area contributed by atoms with Crippen molar-refractivity contribution in [3.05, 3.63) is 29.8 Å². The van der Waals surface area contributed by atoms with Gasteiger partial charge in [0.15, 0.2) is 0 Å². The predicted octanol–water partition coefficient (Wildman–Crippen LogP) is 2.83. The summed E-state index contributed by atoms with van der Waals surface area (Å²) >= 11 is 0. The first-order valence-corrected chi connectivity index (χ1v) is 6.69. The van der Waals surface area contributed by atoms with E-state index < -0.39 is 0 Å². The molecule has 1 aromatic carbocycles. The molecule has 1 aliphatic rings. The molecule has 3 heteroatoms. The second-order valence-corrected chi connectivity index (χ2v) is 5.57. The zero-order valence-electron chi connectivity index (χ0n) is 11.6. The highest BCUT2D eigenvalue weighted by Gasteiger charge is 2.32. The van der Waals surface area contributed by atoms with Gasteiger partial charge < -0.3 is 10.5 Å². The first-order chi connectivity index (χ1) is 8.54. The Labute approximate surface area is 110 Å². The Balaban J connectivity index is 2.09. The monoisotopic (exact) mass is 248 g/mol. The van der Waals surface area contributed by atoms with Gasteiger partial charge in [-0.1, -0.05) is 12.1 Å². The van der Waals surface area contributed by atoms with E-state index in [1.54, 1.807) is 0 Å². The molecule has 2 unspecified atom stereocenters. The maximum Gasteiger partial charge on any atom is 0.0777 e. The van der Waals surface area contributed by atoms with Gasteiger partial charge in [0, 0.05) is 25.4 Å². The van der Waals surface area contributed by atoms with Crippen molar-refractivity contribution in [1.29, 1.82) is 0 Å². The van der Waals surface area contributed by atoms with E-state index >= 15 is 0 Å². The number of benzene rings is 1. The van der Waals surface area contributed by atoms with Crippen LogP contribution < -0.4 is 5.73 Å². The van der Waals surface area contributed by atoms with Crippen LogP contribution in [0.4, 0.5) is 5.69 Å². The van der Waals surface area contributed by atoms with E-state index in [2.05, 4.69) is 30.9 Å². The third-order valence-corrected chi connectivity index (χ3v) is 4.15. The Bertz CT molecular complexity index is 390. The summed E-state index contributed by atoms with van der Waals surface area (Å²) in [6.45, 7) is 6.60. The summed E-state index contributed by atoms with van der Waals surface area (Å²) in [5.74, 6) is 0. The van der Waals surface area contributed by atoms with Crippen molar-refractivity contribution < 1.29 is 4.74 Å². The molecule has 2 N–H and O–H groups in total. The fraction of sp³-hybridized carbons (Fsp3) is 0.600. The summed E-state index contributed by atoms with van der Waals surface area (Å²) in [6.07, 6.45) is 2.35. The molecular formula is C15H24N2O. The van der Waals surface area contributed by atoms with Crippen LogP contribution in [0.2, 0.25) is 0 Å². The number of rotatable bonds is 3. The molecule has 0 bridgehead atoms.